The first-order valence-electron chi connectivity index (χ1n) is 8.02. The second-order valence-electron chi connectivity index (χ2n) is 5.95. The van der Waals surface area contributed by atoms with Crippen LogP contribution in [0, 0.1) is 12.7 Å². The van der Waals surface area contributed by atoms with E-state index >= 15 is 0 Å². The van der Waals surface area contributed by atoms with Crippen LogP contribution in [0.4, 0.5) is 4.39 Å². The number of halogens is 1. The van der Waals surface area contributed by atoms with Gasteiger partial charge in [-0.1, -0.05) is 12.1 Å². The van der Waals surface area contributed by atoms with Crippen molar-refractivity contribution in [1.29, 1.82) is 0 Å². The molecule has 1 unspecified atom stereocenters. The zero-order valence-electron chi connectivity index (χ0n) is 13.9. The highest BCUT2D eigenvalue weighted by Crippen LogP contribution is 2.26. The molecule has 0 bridgehead atoms. The van der Waals surface area contributed by atoms with Gasteiger partial charge in [-0.3, -0.25) is 4.79 Å². The van der Waals surface area contributed by atoms with Crippen molar-refractivity contribution in [2.24, 2.45) is 0 Å². The molecule has 1 N–H and O–H groups in total. The topological polar surface area (TPSA) is 41.6 Å². The zero-order valence-corrected chi connectivity index (χ0v) is 13.9. The van der Waals surface area contributed by atoms with Crippen LogP contribution < -0.4 is 10.1 Å². The van der Waals surface area contributed by atoms with E-state index in [4.69, 9.17) is 4.74 Å². The third-order valence-electron chi connectivity index (χ3n) is 4.40. The van der Waals surface area contributed by atoms with Gasteiger partial charge in [0.05, 0.1) is 13.2 Å². The lowest BCUT2D eigenvalue weighted by atomic mass is 10.0. The first-order chi connectivity index (χ1) is 11.6. The molecule has 1 saturated heterocycles. The maximum Gasteiger partial charge on any atom is 0.254 e. The van der Waals surface area contributed by atoms with E-state index in [-0.39, 0.29) is 17.8 Å². The Labute approximate surface area is 141 Å². The van der Waals surface area contributed by atoms with Crippen LogP contribution in [0.15, 0.2) is 42.5 Å². The molecule has 2 aromatic rings. The van der Waals surface area contributed by atoms with E-state index in [9.17, 15) is 9.18 Å². The van der Waals surface area contributed by atoms with E-state index in [2.05, 4.69) is 5.32 Å². The van der Waals surface area contributed by atoms with Crippen molar-refractivity contribution < 1.29 is 13.9 Å². The van der Waals surface area contributed by atoms with Gasteiger partial charge in [0.2, 0.25) is 0 Å². The molecule has 4 nitrogen and oxygen atoms in total. The lowest BCUT2D eigenvalue weighted by Gasteiger charge is -2.37. The Balaban J connectivity index is 1.91. The Morgan fingerprint density at radius 3 is 2.83 bits per heavy atom. The summed E-state index contributed by atoms with van der Waals surface area (Å²) < 4.78 is 18.8. The van der Waals surface area contributed by atoms with Crippen LogP contribution >= 0.6 is 0 Å². The largest absolute Gasteiger partial charge is 0.497 e. The molecule has 1 aliphatic heterocycles. The Morgan fingerprint density at radius 1 is 1.29 bits per heavy atom. The summed E-state index contributed by atoms with van der Waals surface area (Å²) >= 11 is 0. The summed E-state index contributed by atoms with van der Waals surface area (Å²) in [5, 5.41) is 3.29. The quantitative estimate of drug-likeness (QED) is 0.942. The van der Waals surface area contributed by atoms with Crippen molar-refractivity contribution in [2.45, 2.75) is 13.0 Å². The first-order valence-corrected chi connectivity index (χ1v) is 8.02. The minimum absolute atomic E-state index is 0.0362. The summed E-state index contributed by atoms with van der Waals surface area (Å²) in [7, 11) is 1.60. The van der Waals surface area contributed by atoms with Gasteiger partial charge >= 0.3 is 0 Å². The number of amides is 1. The summed E-state index contributed by atoms with van der Waals surface area (Å²) in [4.78, 5) is 14.9. The fourth-order valence-corrected chi connectivity index (χ4v) is 3.12. The molecule has 0 spiro atoms. The van der Waals surface area contributed by atoms with Crippen molar-refractivity contribution in [3.05, 3.63) is 65.0 Å². The van der Waals surface area contributed by atoms with E-state index in [0.29, 0.717) is 18.7 Å². The third-order valence-corrected chi connectivity index (χ3v) is 4.40. The van der Waals surface area contributed by atoms with Gasteiger partial charge in [0.15, 0.2) is 0 Å². The van der Waals surface area contributed by atoms with E-state index in [1.165, 1.54) is 12.1 Å². The van der Waals surface area contributed by atoms with Crippen LogP contribution in [-0.2, 0) is 0 Å². The van der Waals surface area contributed by atoms with E-state index in [1.54, 1.807) is 25.3 Å². The molecule has 24 heavy (non-hydrogen) atoms. The average molecular weight is 328 g/mol. The van der Waals surface area contributed by atoms with Crippen LogP contribution in [0.25, 0.3) is 0 Å². The Kier molecular flexibility index (Phi) is 4.81. The number of nitrogens with one attached hydrogen (secondary N) is 1. The van der Waals surface area contributed by atoms with Crippen LogP contribution in [0.2, 0.25) is 0 Å². The number of piperazine rings is 1. The van der Waals surface area contributed by atoms with Crippen molar-refractivity contribution in [3.8, 4) is 5.75 Å². The summed E-state index contributed by atoms with van der Waals surface area (Å²) in [5.41, 5.74) is 2.33. The Morgan fingerprint density at radius 2 is 2.12 bits per heavy atom. The molecule has 1 amide bonds. The number of methoxy groups -OCH3 is 1. The zero-order chi connectivity index (χ0) is 17.1. The molecule has 5 heteroatoms. The molecule has 0 saturated carbocycles. The highest BCUT2D eigenvalue weighted by Gasteiger charge is 2.29. The second kappa shape index (κ2) is 7.01. The number of benzene rings is 2. The normalized spacial score (nSPS) is 17.6. The summed E-state index contributed by atoms with van der Waals surface area (Å²) in [6, 6.07) is 11.7. The molecule has 1 aliphatic rings. The van der Waals surface area contributed by atoms with Gasteiger partial charge in [-0.25, -0.2) is 4.39 Å². The van der Waals surface area contributed by atoms with Gasteiger partial charge < -0.3 is 15.0 Å². The van der Waals surface area contributed by atoms with Crippen molar-refractivity contribution in [2.75, 3.05) is 26.7 Å². The van der Waals surface area contributed by atoms with E-state index in [1.807, 2.05) is 24.0 Å². The van der Waals surface area contributed by atoms with Crippen LogP contribution in [-0.4, -0.2) is 37.6 Å². The van der Waals surface area contributed by atoms with Crippen LogP contribution in [0.1, 0.15) is 27.5 Å². The smallest absolute Gasteiger partial charge is 0.254 e. The number of hydrogen-bond acceptors (Lipinski definition) is 3. The molecule has 126 valence electrons. The van der Waals surface area contributed by atoms with Gasteiger partial charge in [0, 0.05) is 25.2 Å². The monoisotopic (exact) mass is 328 g/mol. The predicted octanol–water partition coefficient (Wildman–Crippen LogP) is 2.93. The fourth-order valence-electron chi connectivity index (χ4n) is 3.12. The summed E-state index contributed by atoms with van der Waals surface area (Å²) in [6.07, 6.45) is 0. The van der Waals surface area contributed by atoms with Gasteiger partial charge in [-0.2, -0.15) is 0 Å². The van der Waals surface area contributed by atoms with Crippen molar-refractivity contribution in [1.82, 2.24) is 10.2 Å². The minimum Gasteiger partial charge on any atom is -0.497 e. The first kappa shape index (κ1) is 16.5. The number of nitrogens with zero attached hydrogens (tertiary/aromatic N) is 1. The van der Waals surface area contributed by atoms with Gasteiger partial charge in [-0.15, -0.1) is 0 Å². The number of carbonyl (C=O) groups is 1. The molecular formula is C19H21FN2O2. The maximum absolute atomic E-state index is 13.6. The lowest BCUT2D eigenvalue weighted by molar-refractivity contribution is 0.0633. The van der Waals surface area contributed by atoms with Gasteiger partial charge in [-0.05, 0) is 48.4 Å². The SMILES string of the molecule is COc1ccc(C(=O)N2CCNCC2c2cccc(F)c2)c(C)c1. The Bertz CT molecular complexity index is 748. The minimum atomic E-state index is -0.286. The van der Waals surface area contributed by atoms with Crippen molar-refractivity contribution in [3.63, 3.8) is 0 Å². The van der Waals surface area contributed by atoms with Crippen LogP contribution in [0.3, 0.4) is 0 Å². The average Bonchev–Trinajstić information content (AvgIpc) is 2.61. The van der Waals surface area contributed by atoms with Crippen LogP contribution in [0.5, 0.6) is 5.75 Å². The number of hydrogen-bond donors (Lipinski definition) is 1. The Hall–Kier alpha value is -2.40. The summed E-state index contributed by atoms with van der Waals surface area (Å²) in [5.74, 6) is 0.406. The number of carbonyl (C=O) groups excluding carboxylic acids is 1. The van der Waals surface area contributed by atoms with Crippen molar-refractivity contribution >= 4 is 5.91 Å². The van der Waals surface area contributed by atoms with Gasteiger partial charge in [0.1, 0.15) is 11.6 Å². The second-order valence-corrected chi connectivity index (χ2v) is 5.95. The molecule has 2 aromatic carbocycles. The number of aryl methyl sites for hydroxylation is 1. The predicted molar refractivity (Wildman–Crippen MR) is 90.8 cm³/mol. The van der Waals surface area contributed by atoms with E-state index < -0.39 is 0 Å². The standard InChI is InChI=1S/C19H21FN2O2/c1-13-10-16(24-2)6-7-17(13)19(23)22-9-8-21-12-18(22)14-4-3-5-15(20)11-14/h3-7,10-11,18,21H,8-9,12H2,1-2H3. The van der Waals surface area contributed by atoms with Gasteiger partial charge in [0.25, 0.3) is 5.91 Å². The molecule has 1 heterocycles. The number of rotatable bonds is 3. The molecule has 0 aromatic heterocycles. The molecule has 0 aliphatic carbocycles. The third kappa shape index (κ3) is 3.26. The lowest BCUT2D eigenvalue weighted by Crippen LogP contribution is -2.48. The number of ether oxygens (including phenoxy) is 1. The maximum atomic E-state index is 13.6. The molecule has 1 fully saturated rings. The highest BCUT2D eigenvalue weighted by molar-refractivity contribution is 5.96. The summed E-state index contributed by atoms with van der Waals surface area (Å²) in [6.45, 7) is 3.83. The molecule has 3 rings (SSSR count). The molecule has 0 radical (unpaired) electrons. The fraction of sp³-hybridized carbons (Fsp3) is 0.316. The molecule has 1 atom stereocenters. The highest BCUT2D eigenvalue weighted by atomic mass is 19.1. The molecular weight excluding hydrogens is 307 g/mol. The van der Waals surface area contributed by atoms with E-state index in [0.717, 1.165) is 23.4 Å².